The predicted molar refractivity (Wildman–Crippen MR) is 243 cm³/mol. The molecule has 2 heterocycles. The summed E-state index contributed by atoms with van der Waals surface area (Å²) in [6, 6.07) is 61.3. The molecule has 0 saturated heterocycles. The first-order chi connectivity index (χ1) is 28.6. The molecule has 0 spiro atoms. The first-order valence-corrected chi connectivity index (χ1v) is 19.4. The van der Waals surface area contributed by atoms with E-state index in [9.17, 15) is 0 Å². The molecule has 10 aromatic rings. The van der Waals surface area contributed by atoms with Gasteiger partial charge in [-0.15, -0.1) is 0 Å². The number of nitrogens with zero attached hydrogens (tertiary/aromatic N) is 4. The molecule has 0 unspecified atom stereocenters. The van der Waals surface area contributed by atoms with E-state index in [0.717, 1.165) is 93.6 Å². The molecule has 0 fully saturated rings. The maximum Gasteiger partial charge on any atom is 0.164 e. The first kappa shape index (κ1) is 34.7. The predicted octanol–water partition coefficient (Wildman–Crippen LogP) is 14.0. The van der Waals surface area contributed by atoms with Crippen LogP contribution in [0.2, 0.25) is 0 Å². The highest BCUT2D eigenvalue weighted by molar-refractivity contribution is 6.19. The molecule has 0 N–H and O–H groups in total. The molecule has 0 atom stereocenters. The Morgan fingerprint density at radius 1 is 0.362 bits per heavy atom. The average Bonchev–Trinajstić information content (AvgIpc) is 3.31. The van der Waals surface area contributed by atoms with Crippen LogP contribution in [0.5, 0.6) is 0 Å². The molecule has 4 nitrogen and oxygen atoms in total. The zero-order chi connectivity index (χ0) is 39.0. The van der Waals surface area contributed by atoms with Gasteiger partial charge in [-0.05, 0) is 102 Å². The Balaban J connectivity index is 1.21. The van der Waals surface area contributed by atoms with Crippen molar-refractivity contribution in [2.45, 2.75) is 0 Å². The summed E-state index contributed by atoms with van der Waals surface area (Å²) >= 11 is 0. The number of hydrogen-bond acceptors (Lipinski definition) is 4. The summed E-state index contributed by atoms with van der Waals surface area (Å²) in [6.45, 7) is 8.44. The molecule has 0 radical (unpaired) electrons. The van der Waals surface area contributed by atoms with Crippen LogP contribution in [0, 0.1) is 0 Å². The Bertz CT molecular complexity index is 3130. The average molecular weight is 741 g/mol. The van der Waals surface area contributed by atoms with Gasteiger partial charge in [0.1, 0.15) is 0 Å². The molecule has 0 aliphatic carbocycles. The van der Waals surface area contributed by atoms with Gasteiger partial charge in [-0.25, -0.2) is 15.0 Å². The topological polar surface area (TPSA) is 51.6 Å². The minimum atomic E-state index is 0.600. The zero-order valence-corrected chi connectivity index (χ0v) is 31.7. The van der Waals surface area contributed by atoms with Crippen LogP contribution in [0.4, 0.5) is 0 Å². The van der Waals surface area contributed by atoms with Crippen LogP contribution in [-0.4, -0.2) is 19.9 Å². The summed E-state index contributed by atoms with van der Waals surface area (Å²) in [6.07, 6.45) is 5.73. The molecule has 0 saturated carbocycles. The summed E-state index contributed by atoms with van der Waals surface area (Å²) in [5.74, 6) is 1.84. The van der Waals surface area contributed by atoms with E-state index in [1.54, 1.807) is 0 Å². The van der Waals surface area contributed by atoms with Crippen molar-refractivity contribution >= 4 is 44.6 Å². The van der Waals surface area contributed by atoms with Crippen molar-refractivity contribution in [2.75, 3.05) is 0 Å². The lowest BCUT2D eigenvalue weighted by molar-refractivity contribution is 1.07. The van der Waals surface area contributed by atoms with Crippen molar-refractivity contribution in [1.82, 2.24) is 19.9 Å². The maximum atomic E-state index is 5.16. The number of pyridine rings is 1. The second-order valence-electron chi connectivity index (χ2n) is 14.3. The third-order valence-corrected chi connectivity index (χ3v) is 10.9. The van der Waals surface area contributed by atoms with Crippen LogP contribution < -0.4 is 0 Å². The quantitative estimate of drug-likeness (QED) is 0.146. The van der Waals surface area contributed by atoms with Crippen molar-refractivity contribution in [3.8, 4) is 67.5 Å². The fraction of sp³-hybridized carbons (Fsp3) is 0. The molecule has 0 aliphatic rings. The van der Waals surface area contributed by atoms with E-state index < -0.39 is 0 Å². The highest BCUT2D eigenvalue weighted by Crippen LogP contribution is 2.42. The van der Waals surface area contributed by atoms with E-state index in [1.165, 1.54) is 0 Å². The number of benzene rings is 8. The van der Waals surface area contributed by atoms with Crippen LogP contribution in [-0.2, 0) is 0 Å². The van der Waals surface area contributed by atoms with Gasteiger partial charge in [0.2, 0.25) is 0 Å². The molecule has 2 aromatic heterocycles. The lowest BCUT2D eigenvalue weighted by Gasteiger charge is -2.18. The fourth-order valence-corrected chi connectivity index (χ4v) is 8.10. The lowest BCUT2D eigenvalue weighted by atomic mass is 9.86. The molecule has 272 valence electrons. The van der Waals surface area contributed by atoms with E-state index in [1.807, 2.05) is 85.1 Å². The number of fused-ring (bicyclic) bond motifs is 4. The Morgan fingerprint density at radius 2 is 0.897 bits per heavy atom. The Hall–Kier alpha value is -7.82. The van der Waals surface area contributed by atoms with Gasteiger partial charge in [-0.3, -0.25) is 4.98 Å². The highest BCUT2D eigenvalue weighted by atomic mass is 15.0. The summed E-state index contributed by atoms with van der Waals surface area (Å²) in [5.41, 5.74) is 12.5. The standard InChI is InChI=1S/C54H36N4/c1-3-44-45(4-2)48-23-13-22-46(51(48)49-21-12-11-20-47(44)49)42-32-41(36-26-24-35(25-27-36)39-28-29-50-40(31-39)19-14-30-55-50)33-43(34-42)54-57-52(37-15-7-5-8-16-37)56-53(58-54)38-17-9-6-10-18-38/h3-34H,1-2H2. The van der Waals surface area contributed by atoms with Crippen LogP contribution in [0.1, 0.15) is 11.1 Å². The van der Waals surface area contributed by atoms with E-state index in [-0.39, 0.29) is 0 Å². The number of rotatable bonds is 8. The summed E-state index contributed by atoms with van der Waals surface area (Å²) in [4.78, 5) is 19.8. The molecule has 10 rings (SSSR count). The van der Waals surface area contributed by atoms with Crippen LogP contribution in [0.25, 0.3) is 112 Å². The van der Waals surface area contributed by atoms with Crippen molar-refractivity contribution < 1.29 is 0 Å². The van der Waals surface area contributed by atoms with E-state index in [4.69, 9.17) is 15.0 Å². The minimum Gasteiger partial charge on any atom is -0.256 e. The van der Waals surface area contributed by atoms with E-state index in [0.29, 0.717) is 17.5 Å². The first-order valence-electron chi connectivity index (χ1n) is 19.4. The van der Waals surface area contributed by atoms with Gasteiger partial charge in [0.15, 0.2) is 17.5 Å². The molecular weight excluding hydrogens is 705 g/mol. The van der Waals surface area contributed by atoms with Crippen LogP contribution in [0.15, 0.2) is 195 Å². The maximum absolute atomic E-state index is 5.16. The second-order valence-corrected chi connectivity index (χ2v) is 14.3. The molecule has 0 aliphatic heterocycles. The SMILES string of the molecule is C=Cc1c(C=C)c2cccc(-c3cc(-c4ccc(-c5ccc6ncccc6c5)cc4)cc(-c4nc(-c5ccccc5)nc(-c5ccccc5)n4)c3)c2c2ccccc12. The van der Waals surface area contributed by atoms with Gasteiger partial charge in [0.05, 0.1) is 5.52 Å². The molecule has 0 bridgehead atoms. The Morgan fingerprint density at radius 3 is 1.57 bits per heavy atom. The van der Waals surface area contributed by atoms with Crippen molar-refractivity contribution in [2.24, 2.45) is 0 Å². The fourth-order valence-electron chi connectivity index (χ4n) is 8.10. The van der Waals surface area contributed by atoms with Crippen molar-refractivity contribution in [3.05, 3.63) is 206 Å². The van der Waals surface area contributed by atoms with Gasteiger partial charge >= 0.3 is 0 Å². The van der Waals surface area contributed by atoms with Crippen molar-refractivity contribution in [3.63, 3.8) is 0 Å². The van der Waals surface area contributed by atoms with E-state index in [2.05, 4.69) is 127 Å². The van der Waals surface area contributed by atoms with Gasteiger partial charge in [-0.2, -0.15) is 0 Å². The lowest BCUT2D eigenvalue weighted by Crippen LogP contribution is -2.00. The second kappa shape index (κ2) is 14.7. The molecule has 58 heavy (non-hydrogen) atoms. The van der Waals surface area contributed by atoms with Crippen LogP contribution in [0.3, 0.4) is 0 Å². The van der Waals surface area contributed by atoms with Crippen molar-refractivity contribution in [1.29, 1.82) is 0 Å². The molecule has 8 aromatic carbocycles. The van der Waals surface area contributed by atoms with Gasteiger partial charge in [-0.1, -0.05) is 165 Å². The van der Waals surface area contributed by atoms with Gasteiger partial charge in [0.25, 0.3) is 0 Å². The summed E-state index contributed by atoms with van der Waals surface area (Å²) in [7, 11) is 0. The van der Waals surface area contributed by atoms with Gasteiger partial charge < -0.3 is 0 Å². The Kier molecular flexibility index (Phi) is 8.77. The minimum absolute atomic E-state index is 0.600. The van der Waals surface area contributed by atoms with Crippen LogP contribution >= 0.6 is 0 Å². The summed E-state index contributed by atoms with van der Waals surface area (Å²) in [5, 5.41) is 5.70. The van der Waals surface area contributed by atoms with E-state index >= 15 is 0 Å². The molecule has 4 heteroatoms. The smallest absolute Gasteiger partial charge is 0.164 e. The molecular formula is C54H36N4. The van der Waals surface area contributed by atoms with Gasteiger partial charge in [0, 0.05) is 28.3 Å². The zero-order valence-electron chi connectivity index (χ0n) is 31.7. The highest BCUT2D eigenvalue weighted by Gasteiger charge is 2.18. The monoisotopic (exact) mass is 740 g/mol. The third-order valence-electron chi connectivity index (χ3n) is 10.9. The summed E-state index contributed by atoms with van der Waals surface area (Å²) < 4.78 is 0. The molecule has 0 amide bonds. The number of hydrogen-bond donors (Lipinski definition) is 0. The number of aromatic nitrogens is 4. The normalized spacial score (nSPS) is 11.2. The third kappa shape index (κ3) is 6.23. The Labute approximate surface area is 337 Å². The largest absolute Gasteiger partial charge is 0.256 e.